The molecule has 124 valence electrons. The number of benzene rings is 1. The molecule has 1 aromatic carbocycles. The third-order valence-electron chi connectivity index (χ3n) is 4.21. The fourth-order valence-electron chi connectivity index (χ4n) is 2.98. The van der Waals surface area contributed by atoms with Crippen molar-refractivity contribution in [2.45, 2.75) is 32.1 Å². The van der Waals surface area contributed by atoms with Crippen molar-refractivity contribution < 1.29 is 4.39 Å². The van der Waals surface area contributed by atoms with Crippen molar-refractivity contribution in [1.29, 1.82) is 5.26 Å². The predicted octanol–water partition coefficient (Wildman–Crippen LogP) is 4.00. The Morgan fingerprint density at radius 3 is 2.46 bits per heavy atom. The number of hydrogen-bond donors (Lipinski definition) is 1. The smallest absolute Gasteiger partial charge is 0.183 e. The Hall–Kier alpha value is -2.68. The molecule has 24 heavy (non-hydrogen) atoms. The van der Waals surface area contributed by atoms with Crippen molar-refractivity contribution in [2.24, 2.45) is 0 Å². The van der Waals surface area contributed by atoms with Gasteiger partial charge in [-0.05, 0) is 31.0 Å². The summed E-state index contributed by atoms with van der Waals surface area (Å²) in [6, 6.07) is 7.02. The maximum Gasteiger partial charge on any atom is 0.183 e. The van der Waals surface area contributed by atoms with Crippen LogP contribution in [0.1, 0.15) is 37.8 Å². The monoisotopic (exact) mass is 325 g/mol. The first-order valence-corrected chi connectivity index (χ1v) is 8.30. The van der Waals surface area contributed by atoms with Gasteiger partial charge in [-0.25, -0.2) is 14.4 Å². The quantitative estimate of drug-likeness (QED) is 0.924. The first-order valence-electron chi connectivity index (χ1n) is 8.30. The van der Waals surface area contributed by atoms with Crippen LogP contribution in [0.4, 0.5) is 21.6 Å². The van der Waals surface area contributed by atoms with Gasteiger partial charge in [-0.3, -0.25) is 0 Å². The standard InChI is InChI=1S/C18H20FN5/c19-15-12-14(23-18-16(13-20)21-8-9-22-18)6-7-17(15)24-10-4-2-1-3-5-11-24/h6-9,12H,1-5,10-11H2,(H,22,23). The molecule has 2 heterocycles. The van der Waals surface area contributed by atoms with E-state index in [-0.39, 0.29) is 11.5 Å². The maximum atomic E-state index is 14.6. The summed E-state index contributed by atoms with van der Waals surface area (Å²) in [5, 5.41) is 12.0. The van der Waals surface area contributed by atoms with E-state index in [1.165, 1.54) is 37.7 Å². The van der Waals surface area contributed by atoms with E-state index >= 15 is 0 Å². The molecule has 1 saturated heterocycles. The molecule has 6 heteroatoms. The first-order chi connectivity index (χ1) is 11.8. The molecule has 0 amide bonds. The Balaban J connectivity index is 1.78. The van der Waals surface area contributed by atoms with Crippen LogP contribution in [0.25, 0.3) is 0 Å². The second-order valence-corrected chi connectivity index (χ2v) is 5.91. The first kappa shape index (κ1) is 16.2. The third-order valence-corrected chi connectivity index (χ3v) is 4.21. The highest BCUT2D eigenvalue weighted by Crippen LogP contribution is 2.26. The van der Waals surface area contributed by atoms with E-state index in [9.17, 15) is 4.39 Å². The molecule has 0 saturated carbocycles. The fourth-order valence-corrected chi connectivity index (χ4v) is 2.98. The van der Waals surface area contributed by atoms with Gasteiger partial charge < -0.3 is 10.2 Å². The maximum absolute atomic E-state index is 14.6. The lowest BCUT2D eigenvalue weighted by Gasteiger charge is -2.27. The summed E-state index contributed by atoms with van der Waals surface area (Å²) in [6.07, 6.45) is 8.85. The summed E-state index contributed by atoms with van der Waals surface area (Å²) in [5.74, 6) is 0.0707. The van der Waals surface area contributed by atoms with E-state index in [1.807, 2.05) is 12.1 Å². The van der Waals surface area contributed by atoms with Gasteiger partial charge in [0.05, 0.1) is 5.69 Å². The molecule has 1 aliphatic heterocycles. The van der Waals surface area contributed by atoms with Gasteiger partial charge in [-0.1, -0.05) is 19.3 Å². The third kappa shape index (κ3) is 3.80. The van der Waals surface area contributed by atoms with Gasteiger partial charge in [0.2, 0.25) is 0 Å². The highest BCUT2D eigenvalue weighted by Gasteiger charge is 2.14. The lowest BCUT2D eigenvalue weighted by atomic mass is 10.1. The Morgan fingerprint density at radius 2 is 1.75 bits per heavy atom. The lowest BCUT2D eigenvalue weighted by molar-refractivity contribution is 0.545. The molecular weight excluding hydrogens is 305 g/mol. The van der Waals surface area contributed by atoms with Crippen LogP contribution >= 0.6 is 0 Å². The normalized spacial score (nSPS) is 15.2. The van der Waals surface area contributed by atoms with Gasteiger partial charge >= 0.3 is 0 Å². The Morgan fingerprint density at radius 1 is 1.04 bits per heavy atom. The van der Waals surface area contributed by atoms with Crippen molar-refractivity contribution >= 4 is 17.2 Å². The van der Waals surface area contributed by atoms with Crippen molar-refractivity contribution in [3.63, 3.8) is 0 Å². The van der Waals surface area contributed by atoms with Crippen LogP contribution in [0, 0.1) is 17.1 Å². The highest BCUT2D eigenvalue weighted by molar-refractivity contribution is 5.64. The lowest BCUT2D eigenvalue weighted by Crippen LogP contribution is -2.27. The summed E-state index contributed by atoms with van der Waals surface area (Å²) in [6.45, 7) is 1.79. The molecule has 5 nitrogen and oxygen atoms in total. The molecular formula is C18H20FN5. The molecule has 0 aliphatic carbocycles. The van der Waals surface area contributed by atoms with Crippen molar-refractivity contribution in [1.82, 2.24) is 9.97 Å². The topological polar surface area (TPSA) is 64.8 Å². The van der Waals surface area contributed by atoms with Gasteiger partial charge in [0.15, 0.2) is 11.5 Å². The number of nitriles is 1. The highest BCUT2D eigenvalue weighted by atomic mass is 19.1. The van der Waals surface area contributed by atoms with Crippen LogP contribution in [0.15, 0.2) is 30.6 Å². The fraction of sp³-hybridized carbons (Fsp3) is 0.389. The number of hydrogen-bond acceptors (Lipinski definition) is 5. The van der Waals surface area contributed by atoms with E-state index in [4.69, 9.17) is 5.26 Å². The molecule has 2 aromatic rings. The van der Waals surface area contributed by atoms with Crippen LogP contribution in [-0.2, 0) is 0 Å². The zero-order valence-corrected chi connectivity index (χ0v) is 13.5. The Kier molecular flexibility index (Phi) is 5.22. The van der Waals surface area contributed by atoms with Crippen LogP contribution in [0.2, 0.25) is 0 Å². The summed E-state index contributed by atoms with van der Waals surface area (Å²) in [7, 11) is 0. The van der Waals surface area contributed by atoms with Crippen LogP contribution in [0.3, 0.4) is 0 Å². The molecule has 0 atom stereocenters. The summed E-state index contributed by atoms with van der Waals surface area (Å²) >= 11 is 0. The number of halogens is 1. The van der Waals surface area contributed by atoms with E-state index in [2.05, 4.69) is 20.2 Å². The molecule has 3 rings (SSSR count). The van der Waals surface area contributed by atoms with Gasteiger partial charge in [0.25, 0.3) is 0 Å². The molecule has 0 spiro atoms. The second kappa shape index (κ2) is 7.73. The average Bonchev–Trinajstić information content (AvgIpc) is 2.56. The van der Waals surface area contributed by atoms with Gasteiger partial charge in [0, 0.05) is 31.2 Å². The number of nitrogens with zero attached hydrogens (tertiary/aromatic N) is 4. The minimum Gasteiger partial charge on any atom is -0.369 e. The molecule has 0 unspecified atom stereocenters. The van der Waals surface area contributed by atoms with Crippen molar-refractivity contribution in [2.75, 3.05) is 23.3 Å². The molecule has 1 aliphatic rings. The van der Waals surface area contributed by atoms with Crippen LogP contribution < -0.4 is 10.2 Å². The van der Waals surface area contributed by atoms with E-state index in [0.717, 1.165) is 25.9 Å². The second-order valence-electron chi connectivity index (χ2n) is 5.91. The van der Waals surface area contributed by atoms with Crippen LogP contribution in [-0.4, -0.2) is 23.1 Å². The zero-order valence-electron chi connectivity index (χ0n) is 13.5. The van der Waals surface area contributed by atoms with Crippen LogP contribution in [0.5, 0.6) is 0 Å². The van der Waals surface area contributed by atoms with Gasteiger partial charge in [-0.2, -0.15) is 5.26 Å². The predicted molar refractivity (Wildman–Crippen MR) is 91.7 cm³/mol. The average molecular weight is 325 g/mol. The van der Waals surface area contributed by atoms with E-state index < -0.39 is 0 Å². The number of aromatic nitrogens is 2. The summed E-state index contributed by atoms with van der Waals surface area (Å²) in [5.41, 5.74) is 1.38. The van der Waals surface area contributed by atoms with Gasteiger partial charge in [0.1, 0.15) is 11.9 Å². The number of nitrogens with one attached hydrogen (secondary N) is 1. The van der Waals surface area contributed by atoms with E-state index in [0.29, 0.717) is 17.2 Å². The largest absolute Gasteiger partial charge is 0.369 e. The molecule has 0 radical (unpaired) electrons. The van der Waals surface area contributed by atoms with Crippen molar-refractivity contribution in [3.05, 3.63) is 42.1 Å². The minimum atomic E-state index is -0.261. The summed E-state index contributed by atoms with van der Waals surface area (Å²) < 4.78 is 14.6. The Labute approximate surface area is 141 Å². The van der Waals surface area contributed by atoms with Gasteiger partial charge in [-0.15, -0.1) is 0 Å². The number of rotatable bonds is 3. The molecule has 0 bridgehead atoms. The molecule has 1 fully saturated rings. The minimum absolute atomic E-state index is 0.186. The zero-order chi connectivity index (χ0) is 16.8. The molecule has 1 aromatic heterocycles. The van der Waals surface area contributed by atoms with E-state index in [1.54, 1.807) is 6.07 Å². The molecule has 1 N–H and O–H groups in total. The Bertz CT molecular complexity index is 732. The van der Waals surface area contributed by atoms with Crippen molar-refractivity contribution in [3.8, 4) is 6.07 Å². The SMILES string of the molecule is N#Cc1nccnc1Nc1ccc(N2CCCCCCC2)c(F)c1. The summed E-state index contributed by atoms with van der Waals surface area (Å²) in [4.78, 5) is 10.1. The number of anilines is 3.